The van der Waals surface area contributed by atoms with Crippen LogP contribution in [0.3, 0.4) is 0 Å². The fourth-order valence-corrected chi connectivity index (χ4v) is 1.91. The van der Waals surface area contributed by atoms with E-state index in [9.17, 15) is 0 Å². The summed E-state index contributed by atoms with van der Waals surface area (Å²) < 4.78 is 0. The molecule has 2 heteroatoms. The molecule has 0 spiro atoms. The summed E-state index contributed by atoms with van der Waals surface area (Å²) in [7, 11) is 0. The molecule has 2 atom stereocenters. The van der Waals surface area contributed by atoms with Crippen LogP contribution in [-0.2, 0) is 0 Å². The van der Waals surface area contributed by atoms with Crippen molar-refractivity contribution in [2.45, 2.75) is 32.2 Å². The second-order valence-electron chi connectivity index (χ2n) is 4.99. The lowest BCUT2D eigenvalue weighted by molar-refractivity contribution is 0.458. The molecular formula is C11H20N2. The monoisotopic (exact) mass is 180 g/mol. The van der Waals surface area contributed by atoms with Crippen molar-refractivity contribution in [1.29, 1.82) is 0 Å². The van der Waals surface area contributed by atoms with E-state index >= 15 is 0 Å². The van der Waals surface area contributed by atoms with Gasteiger partial charge in [-0.2, -0.15) is 0 Å². The van der Waals surface area contributed by atoms with Crippen LogP contribution in [0.15, 0.2) is 12.2 Å². The molecule has 0 aromatic carbocycles. The van der Waals surface area contributed by atoms with Crippen molar-refractivity contribution in [3.05, 3.63) is 12.2 Å². The van der Waals surface area contributed by atoms with E-state index in [0.29, 0.717) is 17.4 Å². The molecule has 0 aromatic heterocycles. The van der Waals surface area contributed by atoms with Gasteiger partial charge in [-0.25, -0.2) is 0 Å². The maximum Gasteiger partial charge on any atom is 0.0229 e. The molecule has 0 saturated heterocycles. The van der Waals surface area contributed by atoms with Gasteiger partial charge in [0.2, 0.25) is 0 Å². The lowest BCUT2D eigenvalue weighted by Gasteiger charge is -2.13. The van der Waals surface area contributed by atoms with Crippen LogP contribution in [0.25, 0.3) is 0 Å². The van der Waals surface area contributed by atoms with Crippen LogP contribution in [0.4, 0.5) is 0 Å². The lowest BCUT2D eigenvalue weighted by Crippen LogP contribution is -2.28. The van der Waals surface area contributed by atoms with Gasteiger partial charge >= 0.3 is 0 Å². The van der Waals surface area contributed by atoms with Gasteiger partial charge in [-0.15, -0.1) is 0 Å². The summed E-state index contributed by atoms with van der Waals surface area (Å²) in [6.07, 6.45) is 8.32. The zero-order valence-corrected chi connectivity index (χ0v) is 8.42. The van der Waals surface area contributed by atoms with Crippen LogP contribution in [-0.4, -0.2) is 19.1 Å². The number of hydrogen-bond donors (Lipinski definition) is 2. The predicted octanol–water partition coefficient (Wildman–Crippen LogP) is 1.28. The normalized spacial score (nSPS) is 35.2. The van der Waals surface area contributed by atoms with E-state index in [1.165, 1.54) is 19.4 Å². The Morgan fingerprint density at radius 1 is 1.46 bits per heavy atom. The van der Waals surface area contributed by atoms with Crippen LogP contribution in [0.5, 0.6) is 0 Å². The van der Waals surface area contributed by atoms with E-state index in [0.717, 1.165) is 13.0 Å². The molecule has 1 saturated carbocycles. The van der Waals surface area contributed by atoms with E-state index in [1.807, 2.05) is 0 Å². The van der Waals surface area contributed by atoms with Crippen LogP contribution < -0.4 is 11.1 Å². The van der Waals surface area contributed by atoms with Crippen molar-refractivity contribution >= 4 is 0 Å². The molecule has 13 heavy (non-hydrogen) atoms. The maximum atomic E-state index is 5.78. The van der Waals surface area contributed by atoms with Crippen LogP contribution in [0.2, 0.25) is 0 Å². The van der Waals surface area contributed by atoms with Crippen molar-refractivity contribution in [2.24, 2.45) is 17.1 Å². The molecule has 2 nitrogen and oxygen atoms in total. The molecule has 0 heterocycles. The molecule has 0 aliphatic heterocycles. The summed E-state index contributed by atoms with van der Waals surface area (Å²) in [4.78, 5) is 0. The Hall–Kier alpha value is -0.340. The highest BCUT2D eigenvalue weighted by Gasteiger charge is 2.36. The summed E-state index contributed by atoms with van der Waals surface area (Å²) in [5.74, 6) is 0.678. The molecule has 1 fully saturated rings. The first-order chi connectivity index (χ1) is 6.18. The average molecular weight is 180 g/mol. The van der Waals surface area contributed by atoms with E-state index in [1.54, 1.807) is 0 Å². The third-order valence-corrected chi connectivity index (χ3v) is 3.27. The molecule has 74 valence electrons. The van der Waals surface area contributed by atoms with Gasteiger partial charge in [0, 0.05) is 19.1 Å². The van der Waals surface area contributed by atoms with Gasteiger partial charge in [-0.05, 0) is 30.6 Å². The molecule has 2 rings (SSSR count). The Morgan fingerprint density at radius 3 is 2.77 bits per heavy atom. The van der Waals surface area contributed by atoms with E-state index in [2.05, 4.69) is 24.4 Å². The minimum atomic E-state index is 0.309. The van der Waals surface area contributed by atoms with Gasteiger partial charge in [0.05, 0.1) is 0 Å². The minimum Gasteiger partial charge on any atom is -0.324 e. The summed E-state index contributed by atoms with van der Waals surface area (Å²) in [6, 6.07) is 0.309. The van der Waals surface area contributed by atoms with Crippen molar-refractivity contribution in [1.82, 2.24) is 5.32 Å². The Kier molecular flexibility index (Phi) is 2.43. The Bertz CT molecular complexity index is 206. The highest BCUT2D eigenvalue weighted by Crippen LogP contribution is 2.44. The fraction of sp³-hybridized carbons (Fsp3) is 0.818. The molecular weight excluding hydrogens is 160 g/mol. The predicted molar refractivity (Wildman–Crippen MR) is 55.4 cm³/mol. The highest BCUT2D eigenvalue weighted by atomic mass is 14.9. The zero-order valence-electron chi connectivity index (χ0n) is 8.42. The second kappa shape index (κ2) is 3.43. The summed E-state index contributed by atoms with van der Waals surface area (Å²) in [6.45, 7) is 4.66. The first kappa shape index (κ1) is 9.22. The van der Waals surface area contributed by atoms with E-state index in [-0.39, 0.29) is 0 Å². The SMILES string of the molecule is CC1(CNCC2C=CC(N)C2)CC1. The smallest absolute Gasteiger partial charge is 0.0229 e. The van der Waals surface area contributed by atoms with Gasteiger partial charge in [0.15, 0.2) is 0 Å². The van der Waals surface area contributed by atoms with E-state index in [4.69, 9.17) is 5.73 Å². The van der Waals surface area contributed by atoms with Gasteiger partial charge in [0.1, 0.15) is 0 Å². The molecule has 0 amide bonds. The van der Waals surface area contributed by atoms with Crippen molar-refractivity contribution in [2.75, 3.05) is 13.1 Å². The molecule has 2 unspecified atom stereocenters. The van der Waals surface area contributed by atoms with Gasteiger partial charge in [0.25, 0.3) is 0 Å². The first-order valence-corrected chi connectivity index (χ1v) is 5.33. The summed E-state index contributed by atoms with van der Waals surface area (Å²) in [5.41, 5.74) is 6.41. The highest BCUT2D eigenvalue weighted by molar-refractivity contribution is 5.05. The Morgan fingerprint density at radius 2 is 2.23 bits per heavy atom. The third-order valence-electron chi connectivity index (χ3n) is 3.27. The Balaban J connectivity index is 1.61. The molecule has 0 bridgehead atoms. The van der Waals surface area contributed by atoms with Crippen molar-refractivity contribution < 1.29 is 0 Å². The average Bonchev–Trinajstić information content (AvgIpc) is 2.65. The Labute approximate surface area is 80.6 Å². The third kappa shape index (κ3) is 2.55. The second-order valence-corrected chi connectivity index (χ2v) is 4.99. The van der Waals surface area contributed by atoms with Gasteiger partial charge < -0.3 is 11.1 Å². The number of hydrogen-bond acceptors (Lipinski definition) is 2. The number of nitrogens with two attached hydrogens (primary N) is 1. The van der Waals surface area contributed by atoms with Gasteiger partial charge in [-0.3, -0.25) is 0 Å². The number of nitrogens with one attached hydrogen (secondary N) is 1. The summed E-state index contributed by atoms with van der Waals surface area (Å²) in [5, 5.41) is 3.54. The topological polar surface area (TPSA) is 38.0 Å². The van der Waals surface area contributed by atoms with Crippen LogP contribution >= 0.6 is 0 Å². The van der Waals surface area contributed by atoms with Crippen molar-refractivity contribution in [3.63, 3.8) is 0 Å². The zero-order chi connectivity index (χ0) is 9.31. The van der Waals surface area contributed by atoms with Crippen LogP contribution in [0.1, 0.15) is 26.2 Å². The molecule has 2 aliphatic rings. The molecule has 2 aliphatic carbocycles. The molecule has 0 radical (unpaired) electrons. The first-order valence-electron chi connectivity index (χ1n) is 5.33. The summed E-state index contributed by atoms with van der Waals surface area (Å²) >= 11 is 0. The fourth-order valence-electron chi connectivity index (χ4n) is 1.91. The van der Waals surface area contributed by atoms with Crippen molar-refractivity contribution in [3.8, 4) is 0 Å². The molecule has 3 N–H and O–H groups in total. The minimum absolute atomic E-state index is 0.309. The number of rotatable bonds is 4. The van der Waals surface area contributed by atoms with Gasteiger partial charge in [-0.1, -0.05) is 19.1 Å². The standard InChI is InChI=1S/C11H20N2/c1-11(4-5-11)8-13-7-9-2-3-10(12)6-9/h2-3,9-10,13H,4-8,12H2,1H3. The maximum absolute atomic E-state index is 5.78. The lowest BCUT2D eigenvalue weighted by atomic mass is 10.1. The quantitative estimate of drug-likeness (QED) is 0.640. The van der Waals surface area contributed by atoms with E-state index < -0.39 is 0 Å². The molecule has 0 aromatic rings. The largest absolute Gasteiger partial charge is 0.324 e. The van der Waals surface area contributed by atoms with Crippen LogP contribution in [0, 0.1) is 11.3 Å².